The highest BCUT2D eigenvalue weighted by Gasteiger charge is 2.21. The Kier molecular flexibility index (Phi) is 7.54. The molecule has 0 radical (unpaired) electrons. The smallest absolute Gasteiger partial charge is 0.268 e. The molecule has 3 aromatic rings. The van der Waals surface area contributed by atoms with Gasteiger partial charge in [0.05, 0.1) is 0 Å². The normalized spacial score (nSPS) is 13.7. The summed E-state index contributed by atoms with van der Waals surface area (Å²) in [5.74, 6) is -0.550. The second-order valence-electron chi connectivity index (χ2n) is 8.26. The van der Waals surface area contributed by atoms with E-state index in [4.69, 9.17) is 0 Å². The van der Waals surface area contributed by atoms with Crippen LogP contribution in [-0.2, 0) is 22.7 Å². The fourth-order valence-corrected chi connectivity index (χ4v) is 4.46. The first kappa shape index (κ1) is 23.4. The van der Waals surface area contributed by atoms with Crippen LogP contribution in [0.2, 0.25) is 0 Å². The van der Waals surface area contributed by atoms with Crippen molar-refractivity contribution in [2.75, 3.05) is 6.54 Å². The van der Waals surface area contributed by atoms with Crippen LogP contribution in [0.25, 0.3) is 6.08 Å². The summed E-state index contributed by atoms with van der Waals surface area (Å²) in [5.41, 5.74) is 3.66. The minimum Gasteiger partial charge on any atom is -0.347 e. The van der Waals surface area contributed by atoms with E-state index >= 15 is 0 Å². The zero-order chi connectivity index (χ0) is 23.9. The summed E-state index contributed by atoms with van der Waals surface area (Å²) in [5, 5.41) is 7.62. The van der Waals surface area contributed by atoms with Crippen molar-refractivity contribution in [2.45, 2.75) is 32.9 Å². The van der Waals surface area contributed by atoms with E-state index in [9.17, 15) is 14.4 Å². The summed E-state index contributed by atoms with van der Waals surface area (Å²) < 4.78 is 0. The van der Waals surface area contributed by atoms with Crippen molar-refractivity contribution in [1.82, 2.24) is 15.5 Å². The van der Waals surface area contributed by atoms with Crippen LogP contribution in [0.5, 0.6) is 0 Å². The number of benzene rings is 2. The number of carbonyl (C=O) groups is 3. The molecule has 1 aliphatic rings. The van der Waals surface area contributed by atoms with Gasteiger partial charge in [-0.25, -0.2) is 0 Å². The van der Waals surface area contributed by atoms with Gasteiger partial charge in [0.15, 0.2) is 0 Å². The molecule has 7 heteroatoms. The summed E-state index contributed by atoms with van der Waals surface area (Å²) in [6.45, 7) is 3.54. The number of likely N-dealkylation sites (tertiary alicyclic amines) is 1. The van der Waals surface area contributed by atoms with E-state index < -0.39 is 0 Å². The molecule has 0 aliphatic carbocycles. The van der Waals surface area contributed by atoms with Gasteiger partial charge in [-0.15, -0.1) is 11.3 Å². The molecule has 2 heterocycles. The molecule has 34 heavy (non-hydrogen) atoms. The van der Waals surface area contributed by atoms with Crippen molar-refractivity contribution in [3.63, 3.8) is 0 Å². The van der Waals surface area contributed by atoms with Gasteiger partial charge in [0.2, 0.25) is 5.91 Å². The summed E-state index contributed by atoms with van der Waals surface area (Å²) >= 11 is 1.48. The number of nitrogens with one attached hydrogen (secondary N) is 2. The number of hydrogen-bond donors (Lipinski definition) is 2. The van der Waals surface area contributed by atoms with Crippen molar-refractivity contribution < 1.29 is 14.4 Å². The molecule has 0 saturated carbocycles. The number of aryl methyl sites for hydroxylation is 1. The lowest BCUT2D eigenvalue weighted by Gasteiger charge is -2.18. The van der Waals surface area contributed by atoms with Crippen LogP contribution in [0.1, 0.15) is 44.8 Å². The monoisotopic (exact) mass is 473 g/mol. The average Bonchev–Trinajstić information content (AvgIpc) is 3.50. The Morgan fingerprint density at radius 2 is 1.79 bits per heavy atom. The Morgan fingerprint density at radius 1 is 1.03 bits per heavy atom. The third kappa shape index (κ3) is 5.99. The van der Waals surface area contributed by atoms with Gasteiger partial charge in [0.1, 0.15) is 5.70 Å². The van der Waals surface area contributed by atoms with E-state index in [-0.39, 0.29) is 23.4 Å². The van der Waals surface area contributed by atoms with Crippen LogP contribution in [0.4, 0.5) is 0 Å². The van der Waals surface area contributed by atoms with Crippen molar-refractivity contribution in [3.8, 4) is 0 Å². The Balaban J connectivity index is 1.48. The predicted octanol–water partition coefficient (Wildman–Crippen LogP) is 4.27. The molecule has 1 aromatic heterocycles. The number of thiophene rings is 1. The van der Waals surface area contributed by atoms with Crippen LogP contribution in [0, 0.1) is 6.92 Å². The van der Waals surface area contributed by atoms with E-state index in [1.807, 2.05) is 65.7 Å². The molecule has 1 saturated heterocycles. The number of nitrogens with zero attached hydrogens (tertiary/aromatic N) is 1. The number of amides is 3. The van der Waals surface area contributed by atoms with E-state index in [1.165, 1.54) is 11.3 Å². The molecule has 3 amide bonds. The van der Waals surface area contributed by atoms with E-state index in [0.717, 1.165) is 34.5 Å². The Hall–Kier alpha value is -3.71. The Labute approximate surface area is 203 Å². The number of hydrogen-bond acceptors (Lipinski definition) is 4. The van der Waals surface area contributed by atoms with Crippen molar-refractivity contribution >= 4 is 35.1 Å². The quantitative estimate of drug-likeness (QED) is 0.480. The minimum atomic E-state index is -0.374. The maximum Gasteiger partial charge on any atom is 0.268 e. The molecular weight excluding hydrogens is 446 g/mol. The highest BCUT2D eigenvalue weighted by Crippen LogP contribution is 2.18. The number of rotatable bonds is 8. The molecule has 174 valence electrons. The van der Waals surface area contributed by atoms with Crippen LogP contribution >= 0.6 is 11.3 Å². The minimum absolute atomic E-state index is 0.166. The van der Waals surface area contributed by atoms with Gasteiger partial charge in [0, 0.05) is 36.5 Å². The zero-order valence-electron chi connectivity index (χ0n) is 19.0. The fraction of sp³-hybridized carbons (Fsp3) is 0.222. The summed E-state index contributed by atoms with van der Waals surface area (Å²) in [4.78, 5) is 40.7. The largest absolute Gasteiger partial charge is 0.347 e. The van der Waals surface area contributed by atoms with Gasteiger partial charge in [-0.3, -0.25) is 14.4 Å². The topological polar surface area (TPSA) is 78.5 Å². The molecule has 0 spiro atoms. The lowest BCUT2D eigenvalue weighted by atomic mass is 10.1. The third-order valence-electron chi connectivity index (χ3n) is 5.73. The summed E-state index contributed by atoms with van der Waals surface area (Å²) in [6.07, 6.45) is 3.16. The molecule has 6 nitrogen and oxygen atoms in total. The molecule has 2 aromatic carbocycles. The first-order valence-electron chi connectivity index (χ1n) is 11.3. The van der Waals surface area contributed by atoms with Crippen LogP contribution in [0.15, 0.2) is 71.7 Å². The predicted molar refractivity (Wildman–Crippen MR) is 134 cm³/mol. The third-order valence-corrected chi connectivity index (χ3v) is 6.55. The van der Waals surface area contributed by atoms with Crippen LogP contribution in [0.3, 0.4) is 0 Å². The molecular formula is C27H27N3O3S. The van der Waals surface area contributed by atoms with E-state index in [0.29, 0.717) is 25.1 Å². The van der Waals surface area contributed by atoms with Gasteiger partial charge < -0.3 is 15.5 Å². The molecule has 1 aliphatic heterocycles. The Bertz CT molecular complexity index is 1200. The maximum absolute atomic E-state index is 13.1. The van der Waals surface area contributed by atoms with Crippen molar-refractivity contribution in [2.24, 2.45) is 0 Å². The van der Waals surface area contributed by atoms with Crippen molar-refractivity contribution in [3.05, 3.63) is 98.9 Å². The second-order valence-corrected chi connectivity index (χ2v) is 9.24. The van der Waals surface area contributed by atoms with Gasteiger partial charge in [-0.05, 0) is 54.1 Å². The van der Waals surface area contributed by atoms with Crippen LogP contribution in [-0.4, -0.2) is 29.2 Å². The van der Waals surface area contributed by atoms with Gasteiger partial charge in [-0.2, -0.15) is 0 Å². The van der Waals surface area contributed by atoms with Crippen LogP contribution < -0.4 is 10.6 Å². The SMILES string of the molecule is Cc1ccc(C(=O)N/C(=C\c2cccs2)C(=O)NCc2ccccc2CN2CCCC2=O)cc1. The second kappa shape index (κ2) is 10.9. The lowest BCUT2D eigenvalue weighted by molar-refractivity contribution is -0.128. The van der Waals surface area contributed by atoms with E-state index in [1.54, 1.807) is 18.2 Å². The maximum atomic E-state index is 13.1. The summed E-state index contributed by atoms with van der Waals surface area (Å²) in [6, 6.07) is 18.8. The highest BCUT2D eigenvalue weighted by molar-refractivity contribution is 7.10. The molecule has 4 rings (SSSR count). The first-order chi connectivity index (χ1) is 16.5. The Morgan fingerprint density at radius 3 is 2.47 bits per heavy atom. The number of carbonyl (C=O) groups excluding carboxylic acids is 3. The zero-order valence-corrected chi connectivity index (χ0v) is 19.9. The van der Waals surface area contributed by atoms with E-state index in [2.05, 4.69) is 10.6 Å². The molecule has 1 fully saturated rings. The molecule has 0 bridgehead atoms. The fourth-order valence-electron chi connectivity index (χ4n) is 3.81. The summed E-state index contributed by atoms with van der Waals surface area (Å²) in [7, 11) is 0. The van der Waals surface area contributed by atoms with Gasteiger partial charge in [-0.1, -0.05) is 48.0 Å². The van der Waals surface area contributed by atoms with Gasteiger partial charge in [0.25, 0.3) is 11.8 Å². The average molecular weight is 474 g/mol. The van der Waals surface area contributed by atoms with Gasteiger partial charge >= 0.3 is 0 Å². The highest BCUT2D eigenvalue weighted by atomic mass is 32.1. The first-order valence-corrected chi connectivity index (χ1v) is 12.1. The molecule has 0 unspecified atom stereocenters. The molecule has 0 atom stereocenters. The van der Waals surface area contributed by atoms with Crippen molar-refractivity contribution in [1.29, 1.82) is 0 Å². The standard InChI is InChI=1S/C27H27N3O3S/c1-19-10-12-20(13-11-19)26(32)29-24(16-23-8-5-15-34-23)27(33)28-17-21-6-2-3-7-22(21)18-30-14-4-9-25(30)31/h2-3,5-8,10-13,15-16H,4,9,14,17-18H2,1H3,(H,28,33)(H,29,32)/b24-16-. The molecule has 2 N–H and O–H groups in total. The lowest BCUT2D eigenvalue weighted by Crippen LogP contribution is -2.35.